The number of rotatable bonds is 4. The Morgan fingerprint density at radius 3 is 2.50 bits per heavy atom. The molecule has 1 atom stereocenters. The molecule has 1 aliphatic rings. The summed E-state index contributed by atoms with van der Waals surface area (Å²) in [7, 11) is 0. The number of likely N-dealkylation sites (tertiary alicyclic amines) is 1. The number of nitrogens with two attached hydrogens (primary N) is 1. The van der Waals surface area contributed by atoms with Crippen LogP contribution in [0.4, 0.5) is 10.1 Å². The molecule has 5 nitrogen and oxygen atoms in total. The second kappa shape index (κ2) is 8.71. The van der Waals surface area contributed by atoms with Crippen molar-refractivity contribution in [3.63, 3.8) is 0 Å². The molecule has 7 heteroatoms. The quantitative estimate of drug-likeness (QED) is 0.815. The molecule has 0 bridgehead atoms. The van der Waals surface area contributed by atoms with Crippen molar-refractivity contribution in [2.24, 2.45) is 11.1 Å². The van der Waals surface area contributed by atoms with Crippen molar-refractivity contribution in [1.29, 1.82) is 0 Å². The standard InChI is InChI=1S/C21H24FN3O2.ClH/c1-14-6-5-8-16(20(27)25-11-10-21(2,12-23)13-25)18(14)24-19(26)15-7-3-4-9-17(15)22;/h3-9H,10-13,23H2,1-2H3,(H,24,26);1H. The van der Waals surface area contributed by atoms with Gasteiger partial charge in [-0.15, -0.1) is 12.4 Å². The average Bonchev–Trinajstić information content (AvgIpc) is 3.06. The van der Waals surface area contributed by atoms with Gasteiger partial charge in [-0.25, -0.2) is 4.39 Å². The van der Waals surface area contributed by atoms with Gasteiger partial charge in [-0.05, 0) is 49.1 Å². The molecule has 28 heavy (non-hydrogen) atoms. The van der Waals surface area contributed by atoms with Crippen molar-refractivity contribution < 1.29 is 14.0 Å². The monoisotopic (exact) mass is 405 g/mol. The summed E-state index contributed by atoms with van der Waals surface area (Å²) >= 11 is 0. The van der Waals surface area contributed by atoms with Gasteiger partial charge < -0.3 is 16.0 Å². The van der Waals surface area contributed by atoms with E-state index in [0.717, 1.165) is 12.0 Å². The van der Waals surface area contributed by atoms with E-state index in [4.69, 9.17) is 5.73 Å². The molecule has 1 unspecified atom stereocenters. The molecule has 1 heterocycles. The lowest BCUT2D eigenvalue weighted by Crippen LogP contribution is -2.35. The van der Waals surface area contributed by atoms with E-state index in [1.54, 1.807) is 23.1 Å². The number of halogens is 2. The summed E-state index contributed by atoms with van der Waals surface area (Å²) in [4.78, 5) is 27.4. The van der Waals surface area contributed by atoms with Crippen LogP contribution in [0.3, 0.4) is 0 Å². The topological polar surface area (TPSA) is 75.4 Å². The summed E-state index contributed by atoms with van der Waals surface area (Å²) in [5.41, 5.74) is 7.25. The molecule has 2 aromatic rings. The molecule has 0 aliphatic carbocycles. The van der Waals surface area contributed by atoms with Gasteiger partial charge in [0.25, 0.3) is 11.8 Å². The molecule has 0 spiro atoms. The Kier molecular flexibility index (Phi) is 6.80. The molecule has 3 N–H and O–H groups in total. The average molecular weight is 406 g/mol. The number of nitrogens with zero attached hydrogens (tertiary/aromatic N) is 1. The summed E-state index contributed by atoms with van der Waals surface area (Å²) in [6.45, 7) is 5.60. The van der Waals surface area contributed by atoms with Crippen LogP contribution >= 0.6 is 12.4 Å². The van der Waals surface area contributed by atoms with Gasteiger partial charge in [-0.1, -0.05) is 31.2 Å². The van der Waals surface area contributed by atoms with Crippen molar-refractivity contribution >= 4 is 29.9 Å². The molecule has 1 saturated heterocycles. The molecule has 0 radical (unpaired) electrons. The van der Waals surface area contributed by atoms with Crippen molar-refractivity contribution in [1.82, 2.24) is 4.90 Å². The van der Waals surface area contributed by atoms with E-state index in [0.29, 0.717) is 30.9 Å². The molecular formula is C21H25ClFN3O2. The van der Waals surface area contributed by atoms with Gasteiger partial charge in [0.2, 0.25) is 0 Å². The molecule has 0 aromatic heterocycles. The maximum absolute atomic E-state index is 13.9. The Morgan fingerprint density at radius 2 is 1.86 bits per heavy atom. The van der Waals surface area contributed by atoms with Crippen LogP contribution in [0.15, 0.2) is 42.5 Å². The first-order valence-corrected chi connectivity index (χ1v) is 8.99. The first-order chi connectivity index (χ1) is 12.8. The van der Waals surface area contributed by atoms with Gasteiger partial charge in [0, 0.05) is 13.1 Å². The van der Waals surface area contributed by atoms with Gasteiger partial charge in [0.1, 0.15) is 5.82 Å². The third kappa shape index (κ3) is 4.34. The molecule has 0 saturated carbocycles. The Bertz CT molecular complexity index is 890. The number of carbonyl (C=O) groups excluding carboxylic acids is 2. The minimum Gasteiger partial charge on any atom is -0.338 e. The molecule has 3 rings (SSSR count). The number of carbonyl (C=O) groups is 2. The van der Waals surface area contributed by atoms with Crippen LogP contribution < -0.4 is 11.1 Å². The lowest BCUT2D eigenvalue weighted by molar-refractivity contribution is 0.0778. The second-order valence-electron chi connectivity index (χ2n) is 7.42. The van der Waals surface area contributed by atoms with Gasteiger partial charge in [-0.3, -0.25) is 9.59 Å². The predicted octanol–water partition coefficient (Wildman–Crippen LogP) is 3.62. The summed E-state index contributed by atoms with van der Waals surface area (Å²) in [6, 6.07) is 11.0. The normalized spacial score (nSPS) is 18.5. The smallest absolute Gasteiger partial charge is 0.258 e. The zero-order valence-corrected chi connectivity index (χ0v) is 16.8. The van der Waals surface area contributed by atoms with Crippen LogP contribution in [0.5, 0.6) is 0 Å². The van der Waals surface area contributed by atoms with E-state index < -0.39 is 11.7 Å². The molecule has 150 valence electrons. The van der Waals surface area contributed by atoms with Gasteiger partial charge in [0.15, 0.2) is 0 Å². The lowest BCUT2D eigenvalue weighted by Gasteiger charge is -2.23. The second-order valence-corrected chi connectivity index (χ2v) is 7.42. The van der Waals surface area contributed by atoms with E-state index in [-0.39, 0.29) is 29.3 Å². The minimum atomic E-state index is -0.602. The van der Waals surface area contributed by atoms with Gasteiger partial charge in [0.05, 0.1) is 16.8 Å². The van der Waals surface area contributed by atoms with E-state index >= 15 is 0 Å². The summed E-state index contributed by atoms with van der Waals surface area (Å²) in [6.07, 6.45) is 0.845. The minimum absolute atomic E-state index is 0. The maximum atomic E-state index is 13.9. The van der Waals surface area contributed by atoms with E-state index in [1.165, 1.54) is 18.2 Å². The summed E-state index contributed by atoms with van der Waals surface area (Å²) in [5.74, 6) is -1.33. The Morgan fingerprint density at radius 1 is 1.18 bits per heavy atom. The molecule has 2 amide bonds. The maximum Gasteiger partial charge on any atom is 0.258 e. The predicted molar refractivity (Wildman–Crippen MR) is 110 cm³/mol. The van der Waals surface area contributed by atoms with Crippen LogP contribution in [0.1, 0.15) is 39.6 Å². The highest BCUT2D eigenvalue weighted by Crippen LogP contribution is 2.31. The zero-order valence-electron chi connectivity index (χ0n) is 16.0. The van der Waals surface area contributed by atoms with Gasteiger partial charge >= 0.3 is 0 Å². The van der Waals surface area contributed by atoms with Gasteiger partial charge in [-0.2, -0.15) is 0 Å². The Labute approximate surface area is 170 Å². The lowest BCUT2D eigenvalue weighted by atomic mass is 9.90. The first-order valence-electron chi connectivity index (χ1n) is 8.99. The van der Waals surface area contributed by atoms with Crippen LogP contribution in [-0.2, 0) is 0 Å². The highest BCUT2D eigenvalue weighted by molar-refractivity contribution is 6.09. The molecule has 1 aliphatic heterocycles. The number of nitrogens with one attached hydrogen (secondary N) is 1. The Balaban J connectivity index is 0.00000280. The fraction of sp³-hybridized carbons (Fsp3) is 0.333. The van der Waals surface area contributed by atoms with Crippen molar-refractivity contribution in [3.05, 3.63) is 65.0 Å². The van der Waals surface area contributed by atoms with Crippen molar-refractivity contribution in [2.45, 2.75) is 20.3 Å². The third-order valence-corrected chi connectivity index (χ3v) is 5.20. The third-order valence-electron chi connectivity index (χ3n) is 5.20. The van der Waals surface area contributed by atoms with E-state index in [9.17, 15) is 14.0 Å². The van der Waals surface area contributed by atoms with E-state index in [1.807, 2.05) is 13.0 Å². The largest absolute Gasteiger partial charge is 0.338 e. The summed E-state index contributed by atoms with van der Waals surface area (Å²) in [5, 5.41) is 2.72. The molecular weight excluding hydrogens is 381 g/mol. The fourth-order valence-corrected chi connectivity index (χ4v) is 3.37. The number of benzene rings is 2. The molecule has 1 fully saturated rings. The van der Waals surface area contributed by atoms with Crippen molar-refractivity contribution in [3.8, 4) is 0 Å². The first kappa shape index (κ1) is 21.9. The Hall–Kier alpha value is -2.44. The van der Waals surface area contributed by atoms with Crippen molar-refractivity contribution in [2.75, 3.05) is 25.0 Å². The highest BCUT2D eigenvalue weighted by atomic mass is 35.5. The SMILES string of the molecule is Cc1cccc(C(=O)N2CCC(C)(CN)C2)c1NC(=O)c1ccccc1F.Cl. The van der Waals surface area contributed by atoms with Crippen LogP contribution in [0, 0.1) is 18.2 Å². The van der Waals surface area contributed by atoms with Crippen LogP contribution in [-0.4, -0.2) is 36.3 Å². The number of para-hydroxylation sites is 1. The van der Waals surface area contributed by atoms with E-state index in [2.05, 4.69) is 12.2 Å². The number of anilines is 1. The van der Waals surface area contributed by atoms with Crippen LogP contribution in [0.25, 0.3) is 0 Å². The van der Waals surface area contributed by atoms with Crippen LogP contribution in [0.2, 0.25) is 0 Å². The number of hydrogen-bond acceptors (Lipinski definition) is 3. The number of amides is 2. The zero-order chi connectivity index (χ0) is 19.6. The number of hydrogen-bond donors (Lipinski definition) is 2. The molecule has 2 aromatic carbocycles. The summed E-state index contributed by atoms with van der Waals surface area (Å²) < 4.78 is 13.9. The number of aryl methyl sites for hydroxylation is 1. The fourth-order valence-electron chi connectivity index (χ4n) is 3.37. The highest BCUT2D eigenvalue weighted by Gasteiger charge is 2.36.